The Kier molecular flexibility index (Phi) is 8.07. The topological polar surface area (TPSA) is 32.8 Å². The van der Waals surface area contributed by atoms with Gasteiger partial charge in [0.25, 0.3) is 5.91 Å². The Morgan fingerprint density at radius 1 is 0.805 bits per heavy atom. The summed E-state index contributed by atoms with van der Waals surface area (Å²) in [5.41, 5.74) is 2.64. The van der Waals surface area contributed by atoms with Gasteiger partial charge in [0.1, 0.15) is 11.9 Å². The van der Waals surface area contributed by atoms with Gasteiger partial charge in [-0.05, 0) is 92.6 Å². The Balaban J connectivity index is 1.01. The Bertz CT molecular complexity index is 1310. The standard InChI is InChI=1S/C34H37F3N2O2/c35-34(36,37)28-7-4-8-31(20-28)41-32-21-29-13-14-30(22-32)39(29)33(40)27-11-9-26(10-12-27)23-38-17-15-25(16-18-38)19-24-5-2-1-3-6-24/h1-12,20,25,29-30,32H,13-19,21-23H2/t29-,30-/m0/s1. The Morgan fingerprint density at radius 2 is 1.49 bits per heavy atom. The highest BCUT2D eigenvalue weighted by Crippen LogP contribution is 2.39. The quantitative estimate of drug-likeness (QED) is 0.301. The number of carbonyl (C=O) groups is 1. The zero-order valence-electron chi connectivity index (χ0n) is 23.2. The molecule has 3 aromatic carbocycles. The molecule has 0 aromatic heterocycles. The molecular weight excluding hydrogens is 525 g/mol. The average Bonchev–Trinajstić information content (AvgIpc) is 3.24. The maximum atomic E-state index is 13.5. The third kappa shape index (κ3) is 6.61. The minimum atomic E-state index is -4.40. The van der Waals surface area contributed by atoms with Crippen molar-refractivity contribution in [3.05, 3.63) is 101 Å². The van der Waals surface area contributed by atoms with E-state index in [1.54, 1.807) is 6.07 Å². The van der Waals surface area contributed by atoms with Crippen LogP contribution in [-0.2, 0) is 19.1 Å². The number of hydrogen-bond acceptors (Lipinski definition) is 3. The second-order valence-electron chi connectivity index (χ2n) is 11.9. The van der Waals surface area contributed by atoms with Gasteiger partial charge in [0, 0.05) is 37.0 Å². The van der Waals surface area contributed by atoms with Crippen molar-refractivity contribution in [3.8, 4) is 5.75 Å². The number of piperidine rings is 2. The van der Waals surface area contributed by atoms with E-state index in [1.807, 2.05) is 17.0 Å². The minimum absolute atomic E-state index is 0.0447. The zero-order valence-corrected chi connectivity index (χ0v) is 23.2. The molecule has 3 heterocycles. The summed E-state index contributed by atoms with van der Waals surface area (Å²) < 4.78 is 45.3. The van der Waals surface area contributed by atoms with Crippen molar-refractivity contribution < 1.29 is 22.7 Å². The lowest BCUT2D eigenvalue weighted by atomic mass is 9.90. The molecule has 41 heavy (non-hydrogen) atoms. The van der Waals surface area contributed by atoms with E-state index >= 15 is 0 Å². The van der Waals surface area contributed by atoms with E-state index in [4.69, 9.17) is 4.74 Å². The van der Waals surface area contributed by atoms with Gasteiger partial charge in [-0.25, -0.2) is 0 Å². The van der Waals surface area contributed by atoms with Gasteiger partial charge in [-0.15, -0.1) is 0 Å². The largest absolute Gasteiger partial charge is 0.490 e. The molecule has 7 heteroatoms. The predicted molar refractivity (Wildman–Crippen MR) is 153 cm³/mol. The van der Waals surface area contributed by atoms with Crippen LogP contribution in [0, 0.1) is 5.92 Å². The first kappa shape index (κ1) is 27.8. The number of likely N-dealkylation sites (tertiary alicyclic amines) is 1. The first-order chi connectivity index (χ1) is 19.8. The molecule has 0 unspecified atom stereocenters. The van der Waals surface area contributed by atoms with Crippen LogP contribution in [-0.4, -0.2) is 47.0 Å². The molecule has 0 N–H and O–H groups in total. The molecule has 3 fully saturated rings. The van der Waals surface area contributed by atoms with Crippen LogP contribution >= 0.6 is 0 Å². The second kappa shape index (κ2) is 11.9. The summed E-state index contributed by atoms with van der Waals surface area (Å²) in [6, 6.07) is 24.0. The van der Waals surface area contributed by atoms with E-state index < -0.39 is 11.7 Å². The van der Waals surface area contributed by atoms with Gasteiger partial charge in [-0.3, -0.25) is 9.69 Å². The third-order valence-electron chi connectivity index (χ3n) is 9.07. The first-order valence-corrected chi connectivity index (χ1v) is 14.8. The number of hydrogen-bond donors (Lipinski definition) is 0. The molecular formula is C34H37F3N2O2. The molecule has 3 aromatic rings. The van der Waals surface area contributed by atoms with Crippen LogP contribution in [0.4, 0.5) is 13.2 Å². The van der Waals surface area contributed by atoms with E-state index in [1.165, 1.54) is 30.0 Å². The van der Waals surface area contributed by atoms with E-state index in [0.717, 1.165) is 56.9 Å². The summed E-state index contributed by atoms with van der Waals surface area (Å²) in [7, 11) is 0. The maximum absolute atomic E-state index is 13.5. The van der Waals surface area contributed by atoms with Crippen LogP contribution in [0.2, 0.25) is 0 Å². The molecule has 3 aliphatic rings. The lowest BCUT2D eigenvalue weighted by Crippen LogP contribution is -2.49. The normalized spacial score (nSPS) is 23.5. The molecule has 2 bridgehead atoms. The Hall–Kier alpha value is -3.32. The van der Waals surface area contributed by atoms with Crippen LogP contribution in [0.15, 0.2) is 78.9 Å². The molecule has 1 amide bonds. The monoisotopic (exact) mass is 562 g/mol. The average molecular weight is 563 g/mol. The first-order valence-electron chi connectivity index (χ1n) is 14.8. The van der Waals surface area contributed by atoms with Gasteiger partial charge in [0.2, 0.25) is 0 Å². The molecule has 3 aliphatic heterocycles. The van der Waals surface area contributed by atoms with Crippen molar-refractivity contribution in [1.82, 2.24) is 9.80 Å². The van der Waals surface area contributed by atoms with Crippen molar-refractivity contribution in [2.45, 2.75) is 75.9 Å². The van der Waals surface area contributed by atoms with E-state index in [0.29, 0.717) is 18.4 Å². The van der Waals surface area contributed by atoms with Gasteiger partial charge in [-0.2, -0.15) is 13.2 Å². The van der Waals surface area contributed by atoms with Crippen molar-refractivity contribution in [1.29, 1.82) is 0 Å². The summed E-state index contributed by atoms with van der Waals surface area (Å²) in [6.07, 6.45) is 2.05. The predicted octanol–water partition coefficient (Wildman–Crippen LogP) is 7.37. The van der Waals surface area contributed by atoms with Crippen LogP contribution in [0.3, 0.4) is 0 Å². The second-order valence-corrected chi connectivity index (χ2v) is 11.9. The van der Waals surface area contributed by atoms with Crippen molar-refractivity contribution in [3.63, 3.8) is 0 Å². The molecule has 0 radical (unpaired) electrons. The number of amides is 1. The number of benzene rings is 3. The molecule has 216 valence electrons. The van der Waals surface area contributed by atoms with Crippen molar-refractivity contribution in [2.75, 3.05) is 13.1 Å². The Morgan fingerprint density at radius 3 is 2.15 bits per heavy atom. The van der Waals surface area contributed by atoms with Crippen LogP contribution in [0.1, 0.15) is 65.6 Å². The van der Waals surface area contributed by atoms with Gasteiger partial charge in [-0.1, -0.05) is 48.5 Å². The van der Waals surface area contributed by atoms with E-state index in [9.17, 15) is 18.0 Å². The molecule has 4 nitrogen and oxygen atoms in total. The molecule has 0 saturated carbocycles. The highest BCUT2D eigenvalue weighted by molar-refractivity contribution is 5.95. The molecule has 3 saturated heterocycles. The van der Waals surface area contributed by atoms with Crippen LogP contribution in [0.25, 0.3) is 0 Å². The van der Waals surface area contributed by atoms with Crippen LogP contribution in [0.5, 0.6) is 5.75 Å². The van der Waals surface area contributed by atoms with Gasteiger partial charge >= 0.3 is 6.18 Å². The van der Waals surface area contributed by atoms with Gasteiger partial charge in [0.05, 0.1) is 5.56 Å². The smallest absolute Gasteiger partial charge is 0.416 e. The zero-order chi connectivity index (χ0) is 28.4. The number of halogens is 3. The fourth-order valence-corrected chi connectivity index (χ4v) is 6.95. The fraction of sp³-hybridized carbons (Fsp3) is 0.441. The van der Waals surface area contributed by atoms with E-state index in [-0.39, 0.29) is 29.8 Å². The molecule has 0 aliphatic carbocycles. The number of nitrogens with zero attached hydrogens (tertiary/aromatic N) is 2. The van der Waals surface area contributed by atoms with Crippen molar-refractivity contribution in [2.24, 2.45) is 5.92 Å². The number of rotatable bonds is 7. The maximum Gasteiger partial charge on any atom is 0.416 e. The highest BCUT2D eigenvalue weighted by atomic mass is 19.4. The lowest BCUT2D eigenvalue weighted by Gasteiger charge is -2.39. The summed E-state index contributed by atoms with van der Waals surface area (Å²) in [5.74, 6) is 1.02. The number of ether oxygens (including phenoxy) is 1. The van der Waals surface area contributed by atoms with E-state index in [2.05, 4.69) is 47.4 Å². The molecule has 0 spiro atoms. The lowest BCUT2D eigenvalue weighted by molar-refractivity contribution is -0.137. The highest BCUT2D eigenvalue weighted by Gasteiger charge is 2.44. The number of carbonyl (C=O) groups excluding carboxylic acids is 1. The summed E-state index contributed by atoms with van der Waals surface area (Å²) in [5, 5.41) is 0. The van der Waals surface area contributed by atoms with Gasteiger partial charge < -0.3 is 9.64 Å². The summed E-state index contributed by atoms with van der Waals surface area (Å²) in [4.78, 5) is 18.0. The minimum Gasteiger partial charge on any atom is -0.490 e. The third-order valence-corrected chi connectivity index (χ3v) is 9.07. The number of alkyl halides is 3. The van der Waals surface area contributed by atoms with Crippen molar-refractivity contribution >= 4 is 5.91 Å². The number of fused-ring (bicyclic) bond motifs is 2. The van der Waals surface area contributed by atoms with Crippen LogP contribution < -0.4 is 4.74 Å². The Labute approximate surface area is 240 Å². The van der Waals surface area contributed by atoms with Gasteiger partial charge in [0.15, 0.2) is 0 Å². The summed E-state index contributed by atoms with van der Waals surface area (Å²) >= 11 is 0. The SMILES string of the molecule is O=C(c1ccc(CN2CCC(Cc3ccccc3)CC2)cc1)N1[C@H]2CC[C@H]1CC(Oc1cccc(C(F)(F)F)c1)C2. The molecule has 6 rings (SSSR count). The summed E-state index contributed by atoms with van der Waals surface area (Å²) in [6.45, 7) is 3.09. The fourth-order valence-electron chi connectivity index (χ4n) is 6.95. The molecule has 2 atom stereocenters.